The van der Waals surface area contributed by atoms with Crippen LogP contribution in [0, 0.1) is 0 Å². The number of hydrogen-bond acceptors (Lipinski definition) is 6. The average molecular weight is 355 g/mol. The van der Waals surface area contributed by atoms with Crippen molar-refractivity contribution < 1.29 is 19.2 Å². The van der Waals surface area contributed by atoms with Crippen LogP contribution in [-0.4, -0.2) is 17.7 Å². The van der Waals surface area contributed by atoms with Crippen LogP contribution < -0.4 is 4.74 Å². The summed E-state index contributed by atoms with van der Waals surface area (Å²) in [4.78, 5) is 29.5. The van der Waals surface area contributed by atoms with Crippen LogP contribution >= 0.6 is 11.8 Å². The summed E-state index contributed by atoms with van der Waals surface area (Å²) in [5.74, 6) is -0.322. The van der Waals surface area contributed by atoms with Crippen molar-refractivity contribution >= 4 is 29.4 Å². The Balaban J connectivity index is 1.77. The molecule has 0 aliphatic carbocycles. The molecule has 0 aromatic heterocycles. The summed E-state index contributed by atoms with van der Waals surface area (Å²) in [5, 5.41) is 3.45. The predicted molar refractivity (Wildman–Crippen MR) is 95.3 cm³/mol. The molecule has 0 saturated carbocycles. The lowest BCUT2D eigenvalue weighted by atomic mass is 10.0. The molecule has 2 aromatic carbocycles. The van der Waals surface area contributed by atoms with Crippen LogP contribution in [0.5, 0.6) is 5.75 Å². The summed E-state index contributed by atoms with van der Waals surface area (Å²) < 4.78 is 5.41. The minimum absolute atomic E-state index is 0.228. The van der Waals surface area contributed by atoms with E-state index in [1.165, 1.54) is 12.5 Å². The van der Waals surface area contributed by atoms with Gasteiger partial charge in [-0.15, -0.1) is 0 Å². The number of ether oxygens (including phenoxy) is 1. The van der Waals surface area contributed by atoms with Crippen LogP contribution in [0.2, 0.25) is 0 Å². The number of oxime groups is 1. The normalized spacial score (nSPS) is 14.6. The van der Waals surface area contributed by atoms with Gasteiger partial charge in [-0.25, -0.2) is 4.79 Å². The fourth-order valence-electron chi connectivity index (χ4n) is 2.33. The third-order valence-electron chi connectivity index (χ3n) is 3.64. The number of ketones is 1. The van der Waals surface area contributed by atoms with Gasteiger partial charge in [0.1, 0.15) is 5.75 Å². The Kier molecular flexibility index (Phi) is 4.90. The topological polar surface area (TPSA) is 65.0 Å². The molecule has 0 fully saturated rings. The van der Waals surface area contributed by atoms with E-state index in [0.29, 0.717) is 17.2 Å². The first-order valence-electron chi connectivity index (χ1n) is 7.84. The summed E-state index contributed by atoms with van der Waals surface area (Å²) in [6.07, 6.45) is 0. The van der Waals surface area contributed by atoms with Gasteiger partial charge in [-0.05, 0) is 47.0 Å². The van der Waals surface area contributed by atoms with Gasteiger partial charge in [0.15, 0.2) is 0 Å². The van der Waals surface area contributed by atoms with Gasteiger partial charge in [0.25, 0.3) is 5.78 Å². The molecule has 1 aliphatic heterocycles. The summed E-state index contributed by atoms with van der Waals surface area (Å²) in [7, 11) is 0. The van der Waals surface area contributed by atoms with Crippen LogP contribution in [-0.2, 0) is 9.63 Å². The number of hydrogen-bond donors (Lipinski definition) is 0. The van der Waals surface area contributed by atoms with Crippen molar-refractivity contribution in [1.29, 1.82) is 0 Å². The van der Waals surface area contributed by atoms with E-state index in [9.17, 15) is 9.59 Å². The molecule has 1 heterocycles. The highest BCUT2D eigenvalue weighted by atomic mass is 32.2. The lowest BCUT2D eigenvalue weighted by Gasteiger charge is -2.07. The van der Waals surface area contributed by atoms with Crippen molar-refractivity contribution in [3.63, 3.8) is 0 Å². The van der Waals surface area contributed by atoms with Crippen molar-refractivity contribution in [3.8, 4) is 5.75 Å². The quantitative estimate of drug-likeness (QED) is 0.600. The number of Topliss-reactive ketones (excluding diaryl/α,β-unsaturated/α-hetero) is 1. The third kappa shape index (κ3) is 3.91. The Hall–Kier alpha value is -2.60. The maximum absolute atomic E-state index is 12.1. The molecule has 0 bridgehead atoms. The standard InChI is InChI=1S/C19H17NO4S/c1-11(2)13-4-6-14(7-5-13)25-15-8-9-16-17(10-15)23-19(18(16)22)20-24-12(3)21/h4-11H,1-3H3. The largest absolute Gasteiger partial charge is 0.433 e. The average Bonchev–Trinajstić information content (AvgIpc) is 2.89. The fraction of sp³-hybridized carbons (Fsp3) is 0.211. The van der Waals surface area contributed by atoms with E-state index in [4.69, 9.17) is 4.74 Å². The van der Waals surface area contributed by atoms with E-state index < -0.39 is 11.8 Å². The molecule has 0 amide bonds. The monoisotopic (exact) mass is 355 g/mol. The predicted octanol–water partition coefficient (Wildman–Crippen LogP) is 4.41. The lowest BCUT2D eigenvalue weighted by molar-refractivity contribution is -0.141. The van der Waals surface area contributed by atoms with Crippen LogP contribution in [0.1, 0.15) is 42.6 Å². The Morgan fingerprint density at radius 1 is 1.12 bits per heavy atom. The highest BCUT2D eigenvalue weighted by Gasteiger charge is 2.30. The molecule has 1 aliphatic rings. The first-order chi connectivity index (χ1) is 11.9. The highest BCUT2D eigenvalue weighted by molar-refractivity contribution is 7.99. The third-order valence-corrected chi connectivity index (χ3v) is 4.64. The minimum Gasteiger partial charge on any atom is -0.433 e. The highest BCUT2D eigenvalue weighted by Crippen LogP contribution is 2.35. The molecular formula is C19H17NO4S. The minimum atomic E-state index is -0.610. The molecule has 0 atom stereocenters. The molecule has 2 aromatic rings. The van der Waals surface area contributed by atoms with Crippen LogP contribution in [0.4, 0.5) is 0 Å². The van der Waals surface area contributed by atoms with Gasteiger partial charge in [0.2, 0.25) is 0 Å². The van der Waals surface area contributed by atoms with Gasteiger partial charge >= 0.3 is 11.9 Å². The molecule has 3 rings (SSSR count). The molecule has 0 radical (unpaired) electrons. The summed E-state index contributed by atoms with van der Waals surface area (Å²) in [6, 6.07) is 13.7. The fourth-order valence-corrected chi connectivity index (χ4v) is 3.17. The SMILES string of the molecule is CC(=O)ON=C1Oc2cc(Sc3ccc(C(C)C)cc3)ccc2C1=O. The first kappa shape index (κ1) is 17.2. The van der Waals surface area contributed by atoms with Gasteiger partial charge in [-0.2, -0.15) is 0 Å². The van der Waals surface area contributed by atoms with Gasteiger partial charge < -0.3 is 9.57 Å². The number of rotatable bonds is 4. The molecule has 5 nitrogen and oxygen atoms in total. The molecule has 0 N–H and O–H groups in total. The van der Waals surface area contributed by atoms with E-state index >= 15 is 0 Å². The molecular weight excluding hydrogens is 338 g/mol. The summed E-state index contributed by atoms with van der Waals surface area (Å²) in [5.41, 5.74) is 1.70. The van der Waals surface area contributed by atoms with Gasteiger partial charge in [-0.3, -0.25) is 4.79 Å². The van der Waals surface area contributed by atoms with E-state index in [1.54, 1.807) is 23.9 Å². The van der Waals surface area contributed by atoms with Crippen molar-refractivity contribution in [2.75, 3.05) is 0 Å². The smallest absolute Gasteiger partial charge is 0.332 e. The van der Waals surface area contributed by atoms with Crippen molar-refractivity contribution in [3.05, 3.63) is 53.6 Å². The molecule has 0 spiro atoms. The summed E-state index contributed by atoms with van der Waals surface area (Å²) in [6.45, 7) is 5.52. The molecule has 0 saturated heterocycles. The zero-order valence-corrected chi connectivity index (χ0v) is 14.9. The van der Waals surface area contributed by atoms with Crippen LogP contribution in [0.15, 0.2) is 57.4 Å². The number of carbonyl (C=O) groups excluding carboxylic acids is 2. The number of fused-ring (bicyclic) bond motifs is 1. The lowest BCUT2D eigenvalue weighted by Crippen LogP contribution is -2.13. The maximum atomic E-state index is 12.1. The van der Waals surface area contributed by atoms with Crippen LogP contribution in [0.3, 0.4) is 0 Å². The Labute approximate surface area is 150 Å². The zero-order valence-electron chi connectivity index (χ0n) is 14.1. The van der Waals surface area contributed by atoms with Crippen LogP contribution in [0.25, 0.3) is 0 Å². The Bertz CT molecular complexity index is 856. The number of nitrogens with zero attached hydrogens (tertiary/aromatic N) is 1. The van der Waals surface area contributed by atoms with Gasteiger partial charge in [-0.1, -0.05) is 37.7 Å². The van der Waals surface area contributed by atoms with E-state index in [2.05, 4.69) is 48.1 Å². The van der Waals surface area contributed by atoms with Crippen molar-refractivity contribution in [2.45, 2.75) is 36.5 Å². The Morgan fingerprint density at radius 2 is 1.80 bits per heavy atom. The summed E-state index contributed by atoms with van der Waals surface area (Å²) >= 11 is 1.58. The van der Waals surface area contributed by atoms with Gasteiger partial charge in [0.05, 0.1) is 5.56 Å². The second kappa shape index (κ2) is 7.11. The van der Waals surface area contributed by atoms with Gasteiger partial charge in [0, 0.05) is 16.7 Å². The van der Waals surface area contributed by atoms with E-state index in [1.807, 2.05) is 6.07 Å². The maximum Gasteiger partial charge on any atom is 0.332 e. The van der Waals surface area contributed by atoms with Crippen molar-refractivity contribution in [2.24, 2.45) is 5.16 Å². The molecule has 6 heteroatoms. The molecule has 0 unspecified atom stereocenters. The van der Waals surface area contributed by atoms with E-state index in [0.717, 1.165) is 9.79 Å². The molecule has 25 heavy (non-hydrogen) atoms. The second-order valence-electron chi connectivity index (χ2n) is 5.89. The van der Waals surface area contributed by atoms with E-state index in [-0.39, 0.29) is 5.90 Å². The Morgan fingerprint density at radius 3 is 2.44 bits per heavy atom. The van der Waals surface area contributed by atoms with Crippen molar-refractivity contribution in [1.82, 2.24) is 0 Å². The number of benzene rings is 2. The molecule has 128 valence electrons. The second-order valence-corrected chi connectivity index (χ2v) is 7.04. The zero-order chi connectivity index (χ0) is 18.0. The number of carbonyl (C=O) groups is 2. The first-order valence-corrected chi connectivity index (χ1v) is 8.65.